The quantitative estimate of drug-likeness (QED) is 0.746. The van der Waals surface area contributed by atoms with E-state index in [-0.39, 0.29) is 12.2 Å². The van der Waals surface area contributed by atoms with Crippen molar-refractivity contribution in [2.45, 2.75) is 51.2 Å². The predicted octanol–water partition coefficient (Wildman–Crippen LogP) is 3.08. The number of phenols is 1. The number of nitrogens with one attached hydrogen (secondary N) is 1. The van der Waals surface area contributed by atoms with E-state index in [9.17, 15) is 14.7 Å². The van der Waals surface area contributed by atoms with Crippen LogP contribution in [0.1, 0.15) is 38.3 Å². The second-order valence-electron chi connectivity index (χ2n) is 6.90. The lowest BCUT2D eigenvalue weighted by Gasteiger charge is -2.37. The van der Waals surface area contributed by atoms with Crippen LogP contribution in [-0.2, 0) is 27.1 Å². The molecule has 1 aromatic carbocycles. The molecule has 6 nitrogen and oxygen atoms in total. The summed E-state index contributed by atoms with van der Waals surface area (Å²) >= 11 is 3.46. The van der Waals surface area contributed by atoms with Gasteiger partial charge in [0.25, 0.3) is 0 Å². The summed E-state index contributed by atoms with van der Waals surface area (Å²) in [5.74, 6) is -0.467. The number of benzene rings is 1. The van der Waals surface area contributed by atoms with E-state index < -0.39 is 23.2 Å². The van der Waals surface area contributed by atoms with Gasteiger partial charge in [0, 0.05) is 16.5 Å². The fourth-order valence-corrected chi connectivity index (χ4v) is 3.44. The van der Waals surface area contributed by atoms with E-state index in [1.165, 1.54) is 7.11 Å². The first-order valence-electron chi connectivity index (χ1n) is 7.67. The molecule has 1 aliphatic rings. The van der Waals surface area contributed by atoms with Crippen LogP contribution in [0.3, 0.4) is 0 Å². The van der Waals surface area contributed by atoms with Crippen molar-refractivity contribution < 1.29 is 24.2 Å². The van der Waals surface area contributed by atoms with Crippen molar-refractivity contribution in [2.24, 2.45) is 0 Å². The molecule has 7 heteroatoms. The Labute approximate surface area is 149 Å². The highest BCUT2D eigenvalue weighted by molar-refractivity contribution is 9.10. The number of ether oxygens (including phenoxy) is 2. The van der Waals surface area contributed by atoms with Crippen molar-refractivity contribution in [2.75, 3.05) is 7.11 Å². The molecule has 1 aliphatic carbocycles. The van der Waals surface area contributed by atoms with Gasteiger partial charge in [0.1, 0.15) is 16.9 Å². The SMILES string of the molecule is COC(=O)[C@]1(NC(=O)OC(C)(C)C)CCc2c(Br)ccc(O)c2C1. The molecule has 0 unspecified atom stereocenters. The van der Waals surface area contributed by atoms with Crippen LogP contribution in [-0.4, -0.2) is 35.4 Å². The van der Waals surface area contributed by atoms with Gasteiger partial charge in [-0.15, -0.1) is 0 Å². The molecule has 0 aliphatic heterocycles. The molecular formula is C17H22BrNO5. The normalized spacial score (nSPS) is 20.0. The zero-order valence-corrected chi connectivity index (χ0v) is 15.8. The molecule has 132 valence electrons. The van der Waals surface area contributed by atoms with E-state index >= 15 is 0 Å². The fraction of sp³-hybridized carbons (Fsp3) is 0.529. The minimum Gasteiger partial charge on any atom is -0.508 e. The molecule has 0 heterocycles. The Morgan fingerprint density at radius 1 is 1.29 bits per heavy atom. The number of esters is 1. The number of carbonyl (C=O) groups excluding carboxylic acids is 2. The van der Waals surface area contributed by atoms with Gasteiger partial charge in [-0.3, -0.25) is 0 Å². The van der Waals surface area contributed by atoms with Gasteiger partial charge < -0.3 is 19.9 Å². The highest BCUT2D eigenvalue weighted by atomic mass is 79.9. The molecule has 24 heavy (non-hydrogen) atoms. The maximum Gasteiger partial charge on any atom is 0.408 e. The highest BCUT2D eigenvalue weighted by Crippen LogP contribution is 2.38. The third-order valence-electron chi connectivity index (χ3n) is 3.95. The minimum absolute atomic E-state index is 0.0900. The van der Waals surface area contributed by atoms with Crippen LogP contribution in [0.5, 0.6) is 5.75 Å². The van der Waals surface area contributed by atoms with E-state index in [0.717, 1.165) is 10.0 Å². The van der Waals surface area contributed by atoms with Crippen molar-refractivity contribution in [1.82, 2.24) is 5.32 Å². The Morgan fingerprint density at radius 3 is 2.54 bits per heavy atom. The number of fused-ring (bicyclic) bond motifs is 1. The maximum absolute atomic E-state index is 12.4. The van der Waals surface area contributed by atoms with Gasteiger partial charge in [0.2, 0.25) is 0 Å². The number of hydrogen-bond acceptors (Lipinski definition) is 5. The summed E-state index contributed by atoms with van der Waals surface area (Å²) in [7, 11) is 1.27. The number of rotatable bonds is 2. The minimum atomic E-state index is -1.26. The zero-order chi connectivity index (χ0) is 18.1. The average molecular weight is 400 g/mol. The number of alkyl carbamates (subject to hydrolysis) is 1. The van der Waals surface area contributed by atoms with Crippen LogP contribution >= 0.6 is 15.9 Å². The van der Waals surface area contributed by atoms with Crippen molar-refractivity contribution in [3.05, 3.63) is 27.7 Å². The number of phenolic OH excluding ortho intramolecular Hbond substituents is 1. The molecule has 0 spiro atoms. The maximum atomic E-state index is 12.4. The van der Waals surface area contributed by atoms with E-state index in [1.54, 1.807) is 32.9 Å². The van der Waals surface area contributed by atoms with Gasteiger partial charge in [0.15, 0.2) is 0 Å². The first kappa shape index (κ1) is 18.6. The van der Waals surface area contributed by atoms with Gasteiger partial charge in [-0.2, -0.15) is 0 Å². The lowest BCUT2D eigenvalue weighted by molar-refractivity contribution is -0.149. The number of amides is 1. The van der Waals surface area contributed by atoms with Gasteiger partial charge >= 0.3 is 12.1 Å². The van der Waals surface area contributed by atoms with Crippen LogP contribution in [0.15, 0.2) is 16.6 Å². The summed E-state index contributed by atoms with van der Waals surface area (Å²) in [4.78, 5) is 24.6. The fourth-order valence-electron chi connectivity index (χ4n) is 2.87. The molecule has 0 radical (unpaired) electrons. The van der Waals surface area contributed by atoms with Crippen LogP contribution in [0.4, 0.5) is 4.79 Å². The molecule has 1 atom stereocenters. The summed E-state index contributed by atoms with van der Waals surface area (Å²) in [6.07, 6.45) is 0.314. The molecule has 1 aromatic rings. The highest BCUT2D eigenvalue weighted by Gasteiger charge is 2.45. The molecule has 0 aromatic heterocycles. The van der Waals surface area contributed by atoms with Crippen molar-refractivity contribution in [3.63, 3.8) is 0 Å². The molecule has 1 amide bonds. The third kappa shape index (κ3) is 3.83. The van der Waals surface area contributed by atoms with Crippen molar-refractivity contribution in [1.29, 1.82) is 0 Å². The van der Waals surface area contributed by atoms with Gasteiger partial charge in [0.05, 0.1) is 7.11 Å². The van der Waals surface area contributed by atoms with E-state index in [0.29, 0.717) is 18.4 Å². The number of halogens is 1. The van der Waals surface area contributed by atoms with E-state index in [1.807, 2.05) is 0 Å². The van der Waals surface area contributed by atoms with E-state index in [4.69, 9.17) is 9.47 Å². The zero-order valence-electron chi connectivity index (χ0n) is 14.2. The molecular weight excluding hydrogens is 378 g/mol. The second kappa shape index (κ2) is 6.63. The first-order chi connectivity index (χ1) is 11.1. The van der Waals surface area contributed by atoms with Crippen molar-refractivity contribution >= 4 is 28.0 Å². The average Bonchev–Trinajstić information content (AvgIpc) is 2.48. The summed E-state index contributed by atoms with van der Waals surface area (Å²) in [5, 5.41) is 12.8. The summed E-state index contributed by atoms with van der Waals surface area (Å²) in [6, 6.07) is 3.32. The topological polar surface area (TPSA) is 84.9 Å². The first-order valence-corrected chi connectivity index (χ1v) is 8.46. The monoisotopic (exact) mass is 399 g/mol. The van der Waals surface area contributed by atoms with Crippen LogP contribution in [0, 0.1) is 0 Å². The summed E-state index contributed by atoms with van der Waals surface area (Å²) in [5.41, 5.74) is -0.390. The second-order valence-corrected chi connectivity index (χ2v) is 7.76. The molecule has 0 saturated carbocycles. The predicted molar refractivity (Wildman–Crippen MR) is 91.9 cm³/mol. The lowest BCUT2D eigenvalue weighted by Crippen LogP contribution is -2.59. The van der Waals surface area contributed by atoms with Crippen molar-refractivity contribution in [3.8, 4) is 5.75 Å². The van der Waals surface area contributed by atoms with Crippen LogP contribution in [0.2, 0.25) is 0 Å². The Balaban J connectivity index is 2.35. The number of methoxy groups -OCH3 is 1. The molecule has 0 saturated heterocycles. The Hall–Kier alpha value is -1.76. The van der Waals surface area contributed by atoms with Gasteiger partial charge in [-0.25, -0.2) is 9.59 Å². The summed E-state index contributed by atoms with van der Waals surface area (Å²) in [6.45, 7) is 5.24. The Morgan fingerprint density at radius 2 is 1.96 bits per heavy atom. The van der Waals surface area contributed by atoms with Crippen LogP contribution < -0.4 is 5.32 Å². The van der Waals surface area contributed by atoms with Gasteiger partial charge in [-0.1, -0.05) is 15.9 Å². The lowest BCUT2D eigenvalue weighted by atomic mass is 9.77. The Kier molecular flexibility index (Phi) is 5.13. The molecule has 2 N–H and O–H groups in total. The largest absolute Gasteiger partial charge is 0.508 e. The smallest absolute Gasteiger partial charge is 0.408 e. The Bertz CT molecular complexity index is 668. The number of carbonyl (C=O) groups is 2. The number of hydrogen-bond donors (Lipinski definition) is 2. The molecule has 2 rings (SSSR count). The molecule has 0 bridgehead atoms. The molecule has 0 fully saturated rings. The van der Waals surface area contributed by atoms with E-state index in [2.05, 4.69) is 21.2 Å². The summed E-state index contributed by atoms with van der Waals surface area (Å²) < 4.78 is 11.0. The van der Waals surface area contributed by atoms with Gasteiger partial charge in [-0.05, 0) is 51.3 Å². The van der Waals surface area contributed by atoms with Crippen LogP contribution in [0.25, 0.3) is 0 Å². The number of aromatic hydroxyl groups is 1. The third-order valence-corrected chi connectivity index (χ3v) is 4.69. The standard InChI is InChI=1S/C17H22BrNO5/c1-16(2,3)24-15(22)19-17(14(21)23-4)8-7-10-11(9-17)13(20)6-5-12(10)18/h5-6,20H,7-9H2,1-4H3,(H,19,22)/t17-/m0/s1.